The largest absolute Gasteiger partial charge is 0.349 e. The zero-order valence-electron chi connectivity index (χ0n) is 13.3. The number of nitrogens with one attached hydrogen (secondary N) is 1. The van der Waals surface area contributed by atoms with Crippen LogP contribution in [0.15, 0.2) is 30.3 Å². The van der Waals surface area contributed by atoms with Gasteiger partial charge in [-0.25, -0.2) is 0 Å². The molecule has 0 saturated carbocycles. The number of benzene rings is 1. The van der Waals surface area contributed by atoms with Crippen molar-refractivity contribution < 1.29 is 9.59 Å². The van der Waals surface area contributed by atoms with Gasteiger partial charge in [0.05, 0.1) is 6.04 Å². The van der Waals surface area contributed by atoms with E-state index < -0.39 is 0 Å². The number of carbonyl (C=O) groups excluding carboxylic acids is 2. The topological polar surface area (TPSA) is 49.4 Å². The van der Waals surface area contributed by atoms with Crippen molar-refractivity contribution >= 4 is 11.8 Å². The lowest BCUT2D eigenvalue weighted by Gasteiger charge is -2.22. The molecule has 1 rings (SSSR count). The molecule has 4 nitrogen and oxygen atoms in total. The van der Waals surface area contributed by atoms with Crippen molar-refractivity contribution in [3.05, 3.63) is 35.9 Å². The van der Waals surface area contributed by atoms with Crippen molar-refractivity contribution in [2.45, 2.75) is 46.1 Å². The van der Waals surface area contributed by atoms with E-state index in [0.29, 0.717) is 13.1 Å². The van der Waals surface area contributed by atoms with E-state index >= 15 is 0 Å². The normalized spacial score (nSPS) is 11.8. The van der Waals surface area contributed by atoms with Crippen molar-refractivity contribution in [3.63, 3.8) is 0 Å². The molecule has 0 aliphatic rings. The Morgan fingerprint density at radius 3 is 2.19 bits per heavy atom. The maximum atomic E-state index is 12.1. The van der Waals surface area contributed by atoms with Gasteiger partial charge in [-0.1, -0.05) is 44.2 Å². The Bertz CT molecular complexity index is 439. The molecule has 0 heterocycles. The molecular weight excluding hydrogens is 264 g/mol. The van der Waals surface area contributed by atoms with Crippen molar-refractivity contribution in [2.75, 3.05) is 13.1 Å². The number of rotatable bonds is 8. The molecule has 1 atom stereocenters. The highest BCUT2D eigenvalue weighted by atomic mass is 16.2. The van der Waals surface area contributed by atoms with E-state index in [1.807, 2.05) is 51.1 Å². The predicted molar refractivity (Wildman–Crippen MR) is 84.8 cm³/mol. The summed E-state index contributed by atoms with van der Waals surface area (Å²) < 4.78 is 0. The second kappa shape index (κ2) is 9.16. The van der Waals surface area contributed by atoms with Crippen LogP contribution in [-0.4, -0.2) is 29.8 Å². The third kappa shape index (κ3) is 5.98. The minimum Gasteiger partial charge on any atom is -0.349 e. The molecular formula is C17H26N2O2. The van der Waals surface area contributed by atoms with E-state index in [1.165, 1.54) is 0 Å². The summed E-state index contributed by atoms with van der Waals surface area (Å²) in [7, 11) is 0. The Kier molecular flexibility index (Phi) is 7.51. The van der Waals surface area contributed by atoms with Gasteiger partial charge in [0.15, 0.2) is 0 Å². The monoisotopic (exact) mass is 290 g/mol. The van der Waals surface area contributed by atoms with E-state index in [2.05, 4.69) is 5.32 Å². The molecule has 0 aliphatic heterocycles. The Balaban J connectivity index is 2.50. The lowest BCUT2D eigenvalue weighted by Crippen LogP contribution is -2.37. The van der Waals surface area contributed by atoms with Gasteiger partial charge in [-0.05, 0) is 25.3 Å². The smallest absolute Gasteiger partial charge is 0.232 e. The van der Waals surface area contributed by atoms with Gasteiger partial charge in [-0.3, -0.25) is 9.59 Å². The summed E-state index contributed by atoms with van der Waals surface area (Å²) in [5.74, 6) is -0.301. The molecule has 4 heteroatoms. The fourth-order valence-electron chi connectivity index (χ4n) is 2.27. The highest BCUT2D eigenvalue weighted by Crippen LogP contribution is 2.11. The fraction of sp³-hybridized carbons (Fsp3) is 0.529. The third-order valence-electron chi connectivity index (χ3n) is 3.33. The van der Waals surface area contributed by atoms with Crippen LogP contribution in [0.5, 0.6) is 0 Å². The van der Waals surface area contributed by atoms with Gasteiger partial charge in [0, 0.05) is 13.1 Å². The van der Waals surface area contributed by atoms with Crippen LogP contribution in [0.3, 0.4) is 0 Å². The molecule has 0 aromatic heterocycles. The minimum absolute atomic E-state index is 0.0722. The van der Waals surface area contributed by atoms with Crippen LogP contribution in [0.25, 0.3) is 0 Å². The van der Waals surface area contributed by atoms with Crippen LogP contribution >= 0.6 is 0 Å². The first kappa shape index (κ1) is 17.2. The zero-order valence-corrected chi connectivity index (χ0v) is 13.3. The summed E-state index contributed by atoms with van der Waals surface area (Å²) in [4.78, 5) is 25.9. The number of carbonyl (C=O) groups is 2. The van der Waals surface area contributed by atoms with Gasteiger partial charge in [0.2, 0.25) is 11.8 Å². The summed E-state index contributed by atoms with van der Waals surface area (Å²) in [6.07, 6.45) is 1.75. The summed E-state index contributed by atoms with van der Waals surface area (Å²) in [5.41, 5.74) is 1.04. The average molecular weight is 290 g/mol. The molecule has 0 fully saturated rings. The Labute approximate surface area is 127 Å². The predicted octanol–water partition coefficient (Wildman–Crippen LogP) is 2.90. The molecule has 1 unspecified atom stereocenters. The molecule has 0 aliphatic carbocycles. The van der Waals surface area contributed by atoms with E-state index in [-0.39, 0.29) is 24.3 Å². The first-order valence-electron chi connectivity index (χ1n) is 7.70. The SMILES string of the molecule is CCCN(CCC)C(=O)CC(=O)NC(C)c1ccccc1. The standard InChI is InChI=1S/C17H26N2O2/c1-4-11-19(12-5-2)17(21)13-16(20)18-14(3)15-9-7-6-8-10-15/h6-10,14H,4-5,11-13H2,1-3H3,(H,18,20). The van der Waals surface area contributed by atoms with Gasteiger partial charge in [-0.2, -0.15) is 0 Å². The maximum Gasteiger partial charge on any atom is 0.232 e. The highest BCUT2D eigenvalue weighted by molar-refractivity contribution is 5.97. The fourth-order valence-corrected chi connectivity index (χ4v) is 2.27. The number of hydrogen-bond donors (Lipinski definition) is 1. The quantitative estimate of drug-likeness (QED) is 0.748. The average Bonchev–Trinajstić information content (AvgIpc) is 2.47. The molecule has 21 heavy (non-hydrogen) atoms. The number of hydrogen-bond acceptors (Lipinski definition) is 2. The maximum absolute atomic E-state index is 12.1. The van der Waals surface area contributed by atoms with Crippen LogP contribution in [-0.2, 0) is 9.59 Å². The summed E-state index contributed by atoms with van der Waals surface area (Å²) in [6, 6.07) is 9.66. The van der Waals surface area contributed by atoms with Gasteiger partial charge >= 0.3 is 0 Å². The second-order valence-corrected chi connectivity index (χ2v) is 5.26. The van der Waals surface area contributed by atoms with Crippen molar-refractivity contribution in [3.8, 4) is 0 Å². The van der Waals surface area contributed by atoms with Gasteiger partial charge in [0.25, 0.3) is 0 Å². The minimum atomic E-state index is -0.214. The second-order valence-electron chi connectivity index (χ2n) is 5.26. The summed E-state index contributed by atoms with van der Waals surface area (Å²) in [5, 5.41) is 2.88. The summed E-state index contributed by atoms with van der Waals surface area (Å²) >= 11 is 0. The molecule has 0 radical (unpaired) electrons. The molecule has 0 spiro atoms. The third-order valence-corrected chi connectivity index (χ3v) is 3.33. The Morgan fingerprint density at radius 1 is 1.10 bits per heavy atom. The van der Waals surface area contributed by atoms with Gasteiger partial charge < -0.3 is 10.2 Å². The van der Waals surface area contributed by atoms with Gasteiger partial charge in [-0.15, -0.1) is 0 Å². The van der Waals surface area contributed by atoms with Crippen LogP contribution in [0.2, 0.25) is 0 Å². The molecule has 0 bridgehead atoms. The molecule has 1 aromatic rings. The molecule has 0 saturated heterocycles. The van der Waals surface area contributed by atoms with Crippen LogP contribution in [0, 0.1) is 0 Å². The van der Waals surface area contributed by atoms with Crippen LogP contribution in [0.1, 0.15) is 51.6 Å². The Hall–Kier alpha value is -1.84. The lowest BCUT2D eigenvalue weighted by molar-refractivity contribution is -0.136. The van der Waals surface area contributed by atoms with Crippen molar-refractivity contribution in [2.24, 2.45) is 0 Å². The van der Waals surface area contributed by atoms with Gasteiger partial charge in [0.1, 0.15) is 6.42 Å². The molecule has 2 amide bonds. The van der Waals surface area contributed by atoms with Crippen LogP contribution < -0.4 is 5.32 Å². The molecule has 1 aromatic carbocycles. The lowest BCUT2D eigenvalue weighted by atomic mass is 10.1. The number of nitrogens with zero attached hydrogens (tertiary/aromatic N) is 1. The molecule has 116 valence electrons. The first-order valence-corrected chi connectivity index (χ1v) is 7.70. The zero-order chi connectivity index (χ0) is 15.7. The highest BCUT2D eigenvalue weighted by Gasteiger charge is 2.17. The van der Waals surface area contributed by atoms with E-state index in [4.69, 9.17) is 0 Å². The molecule has 1 N–H and O–H groups in total. The van der Waals surface area contributed by atoms with Crippen molar-refractivity contribution in [1.82, 2.24) is 10.2 Å². The van der Waals surface area contributed by atoms with Crippen LogP contribution in [0.4, 0.5) is 0 Å². The van der Waals surface area contributed by atoms with E-state index in [1.54, 1.807) is 4.90 Å². The van der Waals surface area contributed by atoms with Crippen molar-refractivity contribution in [1.29, 1.82) is 0 Å². The summed E-state index contributed by atoms with van der Waals surface area (Å²) in [6.45, 7) is 7.43. The number of amides is 2. The Morgan fingerprint density at radius 2 is 1.67 bits per heavy atom. The van der Waals surface area contributed by atoms with E-state index in [0.717, 1.165) is 18.4 Å². The first-order chi connectivity index (χ1) is 10.1. The van der Waals surface area contributed by atoms with E-state index in [9.17, 15) is 9.59 Å².